The predicted molar refractivity (Wildman–Crippen MR) is 281 cm³/mol. The van der Waals surface area contributed by atoms with E-state index >= 15 is 0 Å². The van der Waals surface area contributed by atoms with Crippen LogP contribution in [0, 0.1) is 0 Å². The minimum atomic E-state index is -5.04. The van der Waals surface area contributed by atoms with Gasteiger partial charge in [-0.3, -0.25) is 13.8 Å². The number of carbonyl (C=O) groups excluding carboxylic acids is 1. The molecule has 0 aromatic rings. The number of hydrogen-bond donors (Lipinski definition) is 6. The summed E-state index contributed by atoms with van der Waals surface area (Å²) < 4.78 is 34.3. The molecule has 6 N–H and O–H groups in total. The summed E-state index contributed by atoms with van der Waals surface area (Å²) in [5.74, 6) is -0.495. The number of rotatable bonds is 46. The van der Waals surface area contributed by atoms with E-state index in [2.05, 4.69) is 86.8 Å². The first-order chi connectivity index (χ1) is 33.5. The van der Waals surface area contributed by atoms with Gasteiger partial charge in [-0.2, -0.15) is 0 Å². The predicted octanol–water partition coefficient (Wildman–Crippen LogP) is 12.7. The normalized spacial score (nSPS) is 21.6. The third kappa shape index (κ3) is 37.2. The standard InChI is InChI=1S/C56H99O12P/c1-3-5-7-9-11-13-15-17-19-21-23-25-26-27-29-31-33-35-37-39-41-43-45-50(57)67-49(48-66-69(63,64)68-56-54(61)52(59)51(58)53(60)55(56)62)47-65-46-44-42-40-38-36-34-32-30-28-24-22-20-18-16-14-12-10-8-6-4-2/h6,8,12,14,18,20,24,28,32,34,38,40,49,51-56,58-62H,3-5,7,9-11,13,15-17,19,21-23,25-27,29-31,33,35-37,39,41-48H2,1-2H3,(H,63,64)/b8-6-,14-12-,20-18-,28-24-,34-32-,40-38-. The fraction of sp³-hybridized carbons (Fsp3) is 0.768. The Kier molecular flexibility index (Phi) is 42.8. The number of ether oxygens (including phenoxy) is 2. The van der Waals surface area contributed by atoms with E-state index in [4.69, 9.17) is 18.5 Å². The van der Waals surface area contributed by atoms with Crippen LogP contribution in [0.15, 0.2) is 72.9 Å². The van der Waals surface area contributed by atoms with E-state index in [0.717, 1.165) is 64.2 Å². The molecule has 0 bridgehead atoms. The molecular formula is C56H99O12P. The van der Waals surface area contributed by atoms with E-state index in [1.54, 1.807) is 0 Å². The largest absolute Gasteiger partial charge is 0.472 e. The molecule has 6 unspecified atom stereocenters. The van der Waals surface area contributed by atoms with Crippen LogP contribution < -0.4 is 0 Å². The van der Waals surface area contributed by atoms with E-state index in [0.29, 0.717) is 19.4 Å². The minimum absolute atomic E-state index is 0.118. The number of unbranched alkanes of at least 4 members (excludes halogenated alkanes) is 22. The summed E-state index contributed by atoms with van der Waals surface area (Å²) in [6.07, 6.45) is 48.4. The topological polar surface area (TPSA) is 192 Å². The Hall–Kier alpha value is -2.22. The first kappa shape index (κ1) is 64.8. The second-order valence-corrected chi connectivity index (χ2v) is 20.1. The van der Waals surface area contributed by atoms with Crippen molar-refractivity contribution in [1.29, 1.82) is 0 Å². The Balaban J connectivity index is 2.35. The lowest BCUT2D eigenvalue weighted by atomic mass is 9.85. The van der Waals surface area contributed by atoms with E-state index < -0.39 is 63.1 Å². The maximum absolute atomic E-state index is 12.9. The van der Waals surface area contributed by atoms with Crippen LogP contribution in [0.4, 0.5) is 0 Å². The molecule has 1 aliphatic carbocycles. The van der Waals surface area contributed by atoms with Crippen molar-refractivity contribution in [2.45, 2.75) is 256 Å². The van der Waals surface area contributed by atoms with Gasteiger partial charge >= 0.3 is 13.8 Å². The third-order valence-electron chi connectivity index (χ3n) is 12.3. The van der Waals surface area contributed by atoms with Gasteiger partial charge in [0.15, 0.2) is 0 Å². The molecule has 12 nitrogen and oxygen atoms in total. The van der Waals surface area contributed by atoms with E-state index in [1.165, 1.54) is 116 Å². The van der Waals surface area contributed by atoms with Crippen LogP contribution in [0.3, 0.4) is 0 Å². The Bertz CT molecular complexity index is 1410. The summed E-state index contributed by atoms with van der Waals surface area (Å²) in [4.78, 5) is 23.3. The molecule has 1 rings (SSSR count). The summed E-state index contributed by atoms with van der Waals surface area (Å²) >= 11 is 0. The zero-order chi connectivity index (χ0) is 50.5. The Morgan fingerprint density at radius 3 is 1.25 bits per heavy atom. The SMILES string of the molecule is CC/C=C\C/C=C\C/C=C\C/C=C\C/C=C\C/C=C\CCCOCC(COP(=O)(O)OC1C(O)C(O)C(O)C(O)C1O)OC(=O)CCCCCCCCCCCCCCCCCCCCCCCC. The van der Waals surface area contributed by atoms with Gasteiger partial charge in [0.05, 0.1) is 13.2 Å². The summed E-state index contributed by atoms with van der Waals surface area (Å²) in [6, 6.07) is 0. The van der Waals surface area contributed by atoms with Crippen molar-refractivity contribution in [3.8, 4) is 0 Å². The highest BCUT2D eigenvalue weighted by Gasteiger charge is 2.51. The molecule has 0 amide bonds. The van der Waals surface area contributed by atoms with Gasteiger partial charge in [0.25, 0.3) is 0 Å². The molecule has 1 saturated carbocycles. The summed E-state index contributed by atoms with van der Waals surface area (Å²) in [6.45, 7) is 4.03. The quantitative estimate of drug-likeness (QED) is 0.0147. The molecule has 13 heteroatoms. The van der Waals surface area contributed by atoms with Crippen LogP contribution in [0.25, 0.3) is 0 Å². The molecule has 0 spiro atoms. The van der Waals surface area contributed by atoms with Crippen molar-refractivity contribution in [2.24, 2.45) is 0 Å². The van der Waals surface area contributed by atoms with Gasteiger partial charge in [0.2, 0.25) is 0 Å². The molecule has 0 aromatic heterocycles. The van der Waals surface area contributed by atoms with Gasteiger partial charge in [0, 0.05) is 13.0 Å². The van der Waals surface area contributed by atoms with Gasteiger partial charge in [-0.25, -0.2) is 4.57 Å². The van der Waals surface area contributed by atoms with Crippen LogP contribution in [-0.2, 0) is 27.9 Å². The lowest BCUT2D eigenvalue weighted by Crippen LogP contribution is -2.64. The average molecular weight is 995 g/mol. The molecular weight excluding hydrogens is 896 g/mol. The Morgan fingerprint density at radius 1 is 0.478 bits per heavy atom. The van der Waals surface area contributed by atoms with Gasteiger partial charge in [-0.1, -0.05) is 222 Å². The van der Waals surface area contributed by atoms with Gasteiger partial charge in [-0.05, 0) is 57.8 Å². The number of phosphoric ester groups is 1. The summed E-state index contributed by atoms with van der Waals surface area (Å²) in [5.41, 5.74) is 0. The highest BCUT2D eigenvalue weighted by atomic mass is 31.2. The number of phosphoric acid groups is 1. The van der Waals surface area contributed by atoms with E-state index in [-0.39, 0.29) is 13.0 Å². The van der Waals surface area contributed by atoms with Crippen LogP contribution in [-0.4, -0.2) is 98.9 Å². The lowest BCUT2D eigenvalue weighted by molar-refractivity contribution is -0.220. The molecule has 400 valence electrons. The summed E-state index contributed by atoms with van der Waals surface area (Å²) in [7, 11) is -5.04. The fourth-order valence-corrected chi connectivity index (χ4v) is 9.05. The van der Waals surface area contributed by atoms with Crippen molar-refractivity contribution in [3.63, 3.8) is 0 Å². The number of esters is 1. The van der Waals surface area contributed by atoms with Crippen molar-refractivity contribution in [1.82, 2.24) is 0 Å². The lowest BCUT2D eigenvalue weighted by Gasteiger charge is -2.41. The zero-order valence-corrected chi connectivity index (χ0v) is 44.0. The molecule has 0 heterocycles. The number of hydrogen-bond acceptors (Lipinski definition) is 11. The number of aliphatic hydroxyl groups is 5. The van der Waals surface area contributed by atoms with Gasteiger partial charge < -0.3 is 39.9 Å². The zero-order valence-electron chi connectivity index (χ0n) is 43.1. The highest BCUT2D eigenvalue weighted by Crippen LogP contribution is 2.47. The molecule has 0 saturated heterocycles. The molecule has 69 heavy (non-hydrogen) atoms. The van der Waals surface area contributed by atoms with Crippen molar-refractivity contribution in [3.05, 3.63) is 72.9 Å². The van der Waals surface area contributed by atoms with Crippen molar-refractivity contribution in [2.75, 3.05) is 19.8 Å². The van der Waals surface area contributed by atoms with E-state index in [9.17, 15) is 39.8 Å². The maximum atomic E-state index is 12.9. The average Bonchev–Trinajstić information content (AvgIpc) is 3.34. The number of aliphatic hydroxyl groups excluding tert-OH is 5. The molecule has 1 fully saturated rings. The van der Waals surface area contributed by atoms with Gasteiger partial charge in [0.1, 0.15) is 42.7 Å². The Labute approximate surface area is 419 Å². The highest BCUT2D eigenvalue weighted by molar-refractivity contribution is 7.47. The fourth-order valence-electron chi connectivity index (χ4n) is 8.08. The first-order valence-electron chi connectivity index (χ1n) is 27.3. The Morgan fingerprint density at radius 2 is 0.841 bits per heavy atom. The molecule has 0 radical (unpaired) electrons. The second kappa shape index (κ2) is 45.6. The molecule has 0 aromatic carbocycles. The minimum Gasteiger partial charge on any atom is -0.457 e. The smallest absolute Gasteiger partial charge is 0.457 e. The number of carbonyl (C=O) groups is 1. The van der Waals surface area contributed by atoms with Crippen LogP contribution >= 0.6 is 7.82 Å². The van der Waals surface area contributed by atoms with Crippen molar-refractivity contribution < 1.29 is 58.3 Å². The van der Waals surface area contributed by atoms with Crippen LogP contribution in [0.2, 0.25) is 0 Å². The second-order valence-electron chi connectivity index (χ2n) is 18.7. The van der Waals surface area contributed by atoms with Crippen LogP contribution in [0.5, 0.6) is 0 Å². The first-order valence-corrected chi connectivity index (χ1v) is 28.8. The number of allylic oxidation sites excluding steroid dienone is 12. The monoisotopic (exact) mass is 995 g/mol. The molecule has 1 aliphatic rings. The van der Waals surface area contributed by atoms with E-state index in [1.807, 2.05) is 0 Å². The third-order valence-corrected chi connectivity index (χ3v) is 13.3. The van der Waals surface area contributed by atoms with Gasteiger partial charge in [-0.15, -0.1) is 0 Å². The maximum Gasteiger partial charge on any atom is 0.472 e. The van der Waals surface area contributed by atoms with Crippen LogP contribution in [0.1, 0.15) is 213 Å². The summed E-state index contributed by atoms with van der Waals surface area (Å²) in [5, 5.41) is 50.4. The van der Waals surface area contributed by atoms with Crippen molar-refractivity contribution >= 4 is 13.8 Å². The molecule has 6 atom stereocenters. The molecule has 0 aliphatic heterocycles.